The van der Waals surface area contributed by atoms with Crippen LogP contribution < -0.4 is 5.73 Å². The molecule has 4 heteroatoms. The van der Waals surface area contributed by atoms with E-state index in [1.165, 1.54) is 38.8 Å². The minimum atomic E-state index is 0.618. The van der Waals surface area contributed by atoms with Gasteiger partial charge < -0.3 is 10.6 Å². The predicted molar refractivity (Wildman–Crippen MR) is 75.3 cm³/mol. The van der Waals surface area contributed by atoms with Gasteiger partial charge in [0.05, 0.1) is 18.4 Å². The molecule has 4 nitrogen and oxygen atoms in total. The lowest BCUT2D eigenvalue weighted by Crippen LogP contribution is -2.40. The summed E-state index contributed by atoms with van der Waals surface area (Å²) in [6, 6.07) is 0. The number of rotatable bonds is 5. The Morgan fingerprint density at radius 2 is 1.89 bits per heavy atom. The van der Waals surface area contributed by atoms with Crippen LogP contribution in [0.4, 0.5) is 5.69 Å². The Morgan fingerprint density at radius 3 is 2.39 bits per heavy atom. The molecule has 0 unspecified atom stereocenters. The molecule has 0 bridgehead atoms. The first kappa shape index (κ1) is 13.4. The van der Waals surface area contributed by atoms with Crippen LogP contribution in [0.1, 0.15) is 39.5 Å². The van der Waals surface area contributed by atoms with E-state index in [4.69, 9.17) is 5.73 Å². The minimum absolute atomic E-state index is 0.618. The lowest BCUT2D eigenvalue weighted by molar-refractivity contribution is 0.0924. The molecule has 1 aromatic heterocycles. The smallest absolute Gasteiger partial charge is 0.0719 e. The molecule has 2 N–H and O–H groups in total. The fraction of sp³-hybridized carbons (Fsp3) is 0.786. The molecule has 102 valence electrons. The topological polar surface area (TPSA) is 47.1 Å². The van der Waals surface area contributed by atoms with Gasteiger partial charge in [0.2, 0.25) is 0 Å². The van der Waals surface area contributed by atoms with Gasteiger partial charge in [0.25, 0.3) is 0 Å². The van der Waals surface area contributed by atoms with Crippen LogP contribution in [0.3, 0.4) is 0 Å². The standard InChI is InChI=1S/C14H26N4/c1-3-14(4-2)5-7-17(8-6-14)9-10-18-12-13(15)11-16-18/h11-12H,3-10,15H2,1-2H3. The van der Waals surface area contributed by atoms with Gasteiger partial charge in [-0.05, 0) is 31.3 Å². The second kappa shape index (κ2) is 5.74. The van der Waals surface area contributed by atoms with E-state index >= 15 is 0 Å². The van der Waals surface area contributed by atoms with E-state index in [0.29, 0.717) is 5.41 Å². The zero-order valence-electron chi connectivity index (χ0n) is 11.7. The Hall–Kier alpha value is -1.03. The van der Waals surface area contributed by atoms with E-state index in [9.17, 15) is 0 Å². The molecule has 0 aromatic carbocycles. The van der Waals surface area contributed by atoms with Crippen molar-refractivity contribution in [2.75, 3.05) is 25.4 Å². The highest BCUT2D eigenvalue weighted by molar-refractivity contribution is 5.30. The van der Waals surface area contributed by atoms with Crippen LogP contribution in [0.2, 0.25) is 0 Å². The maximum absolute atomic E-state index is 5.66. The van der Waals surface area contributed by atoms with E-state index in [1.807, 2.05) is 10.9 Å². The maximum Gasteiger partial charge on any atom is 0.0719 e. The number of nitrogen functional groups attached to an aromatic ring is 1. The molecule has 0 saturated carbocycles. The van der Waals surface area contributed by atoms with Crippen molar-refractivity contribution in [1.29, 1.82) is 0 Å². The van der Waals surface area contributed by atoms with Crippen LogP contribution in [0, 0.1) is 5.41 Å². The summed E-state index contributed by atoms with van der Waals surface area (Å²) in [6.45, 7) is 9.18. The maximum atomic E-state index is 5.66. The first-order chi connectivity index (χ1) is 8.67. The normalized spacial score (nSPS) is 20.1. The van der Waals surface area contributed by atoms with E-state index in [-0.39, 0.29) is 0 Å². The molecular formula is C14H26N4. The highest BCUT2D eigenvalue weighted by Crippen LogP contribution is 2.37. The van der Waals surface area contributed by atoms with Gasteiger partial charge in [-0.1, -0.05) is 26.7 Å². The van der Waals surface area contributed by atoms with Crippen molar-refractivity contribution in [3.8, 4) is 0 Å². The highest BCUT2D eigenvalue weighted by Gasteiger charge is 2.30. The van der Waals surface area contributed by atoms with Crippen LogP contribution in [-0.2, 0) is 6.54 Å². The summed E-state index contributed by atoms with van der Waals surface area (Å²) in [7, 11) is 0. The molecule has 1 saturated heterocycles. The average Bonchev–Trinajstić information content (AvgIpc) is 2.83. The van der Waals surface area contributed by atoms with Gasteiger partial charge in [0.15, 0.2) is 0 Å². The van der Waals surface area contributed by atoms with Gasteiger partial charge >= 0.3 is 0 Å². The van der Waals surface area contributed by atoms with Crippen molar-refractivity contribution in [2.45, 2.75) is 46.1 Å². The van der Waals surface area contributed by atoms with Crippen molar-refractivity contribution in [3.63, 3.8) is 0 Å². The number of nitrogens with two attached hydrogens (primary N) is 1. The molecule has 0 amide bonds. The van der Waals surface area contributed by atoms with E-state index in [2.05, 4.69) is 23.8 Å². The molecule has 18 heavy (non-hydrogen) atoms. The zero-order chi connectivity index (χ0) is 13.0. The quantitative estimate of drug-likeness (QED) is 0.872. The fourth-order valence-electron chi connectivity index (χ4n) is 2.95. The van der Waals surface area contributed by atoms with Crippen LogP contribution in [0.15, 0.2) is 12.4 Å². The molecule has 2 heterocycles. The second-order valence-electron chi connectivity index (χ2n) is 5.59. The largest absolute Gasteiger partial charge is 0.396 e. The Morgan fingerprint density at radius 1 is 1.22 bits per heavy atom. The van der Waals surface area contributed by atoms with Crippen LogP contribution in [-0.4, -0.2) is 34.3 Å². The van der Waals surface area contributed by atoms with Crippen molar-refractivity contribution in [2.24, 2.45) is 5.41 Å². The number of anilines is 1. The Bertz CT molecular complexity index is 358. The number of nitrogens with zero attached hydrogens (tertiary/aromatic N) is 3. The first-order valence-corrected chi connectivity index (χ1v) is 7.18. The molecule has 0 radical (unpaired) electrons. The molecule has 0 atom stereocenters. The predicted octanol–water partition coefficient (Wildman–Crippen LogP) is 2.37. The fourth-order valence-corrected chi connectivity index (χ4v) is 2.95. The third-order valence-electron chi connectivity index (χ3n) is 4.72. The summed E-state index contributed by atoms with van der Waals surface area (Å²) in [5.74, 6) is 0. The molecule has 2 rings (SSSR count). The summed E-state index contributed by atoms with van der Waals surface area (Å²) in [6.07, 6.45) is 8.98. The van der Waals surface area contributed by atoms with Crippen molar-refractivity contribution in [3.05, 3.63) is 12.4 Å². The number of hydrogen-bond acceptors (Lipinski definition) is 3. The Kier molecular flexibility index (Phi) is 4.27. The van der Waals surface area contributed by atoms with Crippen molar-refractivity contribution >= 4 is 5.69 Å². The zero-order valence-corrected chi connectivity index (χ0v) is 11.7. The monoisotopic (exact) mass is 250 g/mol. The molecular weight excluding hydrogens is 224 g/mol. The lowest BCUT2D eigenvalue weighted by atomic mass is 9.74. The summed E-state index contributed by atoms with van der Waals surface area (Å²) in [4.78, 5) is 2.56. The van der Waals surface area contributed by atoms with Crippen LogP contribution in [0.5, 0.6) is 0 Å². The third kappa shape index (κ3) is 3.05. The van der Waals surface area contributed by atoms with Gasteiger partial charge in [0.1, 0.15) is 0 Å². The minimum Gasteiger partial charge on any atom is -0.396 e. The Balaban J connectivity index is 1.77. The van der Waals surface area contributed by atoms with E-state index in [1.54, 1.807) is 6.20 Å². The van der Waals surface area contributed by atoms with Crippen LogP contribution >= 0.6 is 0 Å². The highest BCUT2D eigenvalue weighted by atomic mass is 15.3. The molecule has 1 fully saturated rings. The van der Waals surface area contributed by atoms with E-state index in [0.717, 1.165) is 18.8 Å². The van der Waals surface area contributed by atoms with Crippen molar-refractivity contribution < 1.29 is 0 Å². The van der Waals surface area contributed by atoms with E-state index < -0.39 is 0 Å². The summed E-state index contributed by atoms with van der Waals surface area (Å²) < 4.78 is 1.94. The molecule has 1 aliphatic rings. The molecule has 1 aromatic rings. The number of hydrogen-bond donors (Lipinski definition) is 1. The Labute approximate surface area is 110 Å². The molecule has 0 spiro atoms. The number of piperidine rings is 1. The summed E-state index contributed by atoms with van der Waals surface area (Å²) in [5, 5.41) is 4.23. The lowest BCUT2D eigenvalue weighted by Gasteiger charge is -2.41. The average molecular weight is 250 g/mol. The van der Waals surface area contributed by atoms with Gasteiger partial charge in [-0.25, -0.2) is 0 Å². The summed E-state index contributed by atoms with van der Waals surface area (Å²) in [5.41, 5.74) is 7.03. The van der Waals surface area contributed by atoms with Gasteiger partial charge in [-0.3, -0.25) is 4.68 Å². The van der Waals surface area contributed by atoms with Gasteiger partial charge in [-0.2, -0.15) is 5.10 Å². The van der Waals surface area contributed by atoms with Crippen LogP contribution in [0.25, 0.3) is 0 Å². The number of aromatic nitrogens is 2. The molecule has 1 aliphatic heterocycles. The molecule has 0 aliphatic carbocycles. The third-order valence-corrected chi connectivity index (χ3v) is 4.72. The van der Waals surface area contributed by atoms with Gasteiger partial charge in [-0.15, -0.1) is 0 Å². The SMILES string of the molecule is CCC1(CC)CCN(CCn2cc(N)cn2)CC1. The second-order valence-corrected chi connectivity index (χ2v) is 5.59. The summed E-state index contributed by atoms with van der Waals surface area (Å²) >= 11 is 0. The first-order valence-electron chi connectivity index (χ1n) is 7.18. The van der Waals surface area contributed by atoms with Gasteiger partial charge in [0, 0.05) is 12.7 Å². The number of likely N-dealkylation sites (tertiary alicyclic amines) is 1. The van der Waals surface area contributed by atoms with Crippen molar-refractivity contribution in [1.82, 2.24) is 14.7 Å².